The van der Waals surface area contributed by atoms with Crippen LogP contribution in [0, 0.1) is 17.0 Å². The molecule has 0 fully saturated rings. The van der Waals surface area contributed by atoms with Crippen LogP contribution in [0.25, 0.3) is 0 Å². The summed E-state index contributed by atoms with van der Waals surface area (Å²) in [5.41, 5.74) is 2.15. The highest BCUT2D eigenvalue weighted by Crippen LogP contribution is 2.20. The molecule has 2 rings (SSSR count). The number of carbonyl (C=O) groups excluding carboxylic acids is 1. The lowest BCUT2D eigenvalue weighted by atomic mass is 10.1. The SMILES string of the molecule is COc1ccc(CC(=O)Nc2cccc([N+](=O)[O-])c2)cc1C. The Bertz CT molecular complexity index is 713. The number of anilines is 1. The van der Waals surface area contributed by atoms with Gasteiger partial charge in [-0.2, -0.15) is 0 Å². The first kappa shape index (κ1) is 15.5. The molecule has 0 saturated carbocycles. The maximum absolute atomic E-state index is 12.0. The maximum Gasteiger partial charge on any atom is 0.271 e. The standard InChI is InChI=1S/C16H16N2O4/c1-11-8-12(6-7-15(11)22-2)9-16(19)17-13-4-3-5-14(10-13)18(20)21/h3-8,10H,9H2,1-2H3,(H,17,19). The number of nitrogens with one attached hydrogen (secondary N) is 1. The number of nitro benzene ring substituents is 1. The molecule has 0 heterocycles. The number of aryl methyl sites for hydroxylation is 1. The Kier molecular flexibility index (Phi) is 4.73. The molecule has 6 nitrogen and oxygen atoms in total. The Balaban J connectivity index is 2.05. The molecule has 2 aromatic rings. The number of ether oxygens (including phenoxy) is 1. The molecule has 0 unspecified atom stereocenters. The summed E-state index contributed by atoms with van der Waals surface area (Å²) in [7, 11) is 1.59. The van der Waals surface area contributed by atoms with Gasteiger partial charge in [0.25, 0.3) is 5.69 Å². The zero-order valence-electron chi connectivity index (χ0n) is 12.3. The van der Waals surface area contributed by atoms with E-state index in [1.807, 2.05) is 25.1 Å². The summed E-state index contributed by atoms with van der Waals surface area (Å²) in [4.78, 5) is 22.2. The predicted molar refractivity (Wildman–Crippen MR) is 83.2 cm³/mol. The van der Waals surface area contributed by atoms with Gasteiger partial charge in [-0.3, -0.25) is 14.9 Å². The summed E-state index contributed by atoms with van der Waals surface area (Å²) in [6.45, 7) is 1.90. The number of benzene rings is 2. The number of methoxy groups -OCH3 is 1. The Hall–Kier alpha value is -2.89. The van der Waals surface area contributed by atoms with E-state index in [0.717, 1.165) is 16.9 Å². The Morgan fingerprint density at radius 1 is 1.27 bits per heavy atom. The lowest BCUT2D eigenvalue weighted by molar-refractivity contribution is -0.384. The molecule has 0 aliphatic rings. The Morgan fingerprint density at radius 2 is 2.05 bits per heavy atom. The van der Waals surface area contributed by atoms with Gasteiger partial charge in [0.15, 0.2) is 0 Å². The summed E-state index contributed by atoms with van der Waals surface area (Å²) < 4.78 is 5.17. The van der Waals surface area contributed by atoms with E-state index in [1.54, 1.807) is 13.2 Å². The smallest absolute Gasteiger partial charge is 0.271 e. The number of nitro groups is 1. The lowest BCUT2D eigenvalue weighted by Crippen LogP contribution is -2.14. The minimum atomic E-state index is -0.498. The Morgan fingerprint density at radius 3 is 2.68 bits per heavy atom. The van der Waals surface area contributed by atoms with E-state index in [0.29, 0.717) is 5.69 Å². The number of hydrogen-bond donors (Lipinski definition) is 1. The molecule has 1 amide bonds. The monoisotopic (exact) mass is 300 g/mol. The molecular weight excluding hydrogens is 284 g/mol. The molecule has 0 aliphatic heterocycles. The molecule has 0 atom stereocenters. The zero-order valence-corrected chi connectivity index (χ0v) is 12.3. The van der Waals surface area contributed by atoms with Crippen LogP contribution in [-0.4, -0.2) is 17.9 Å². The predicted octanol–water partition coefficient (Wildman–Crippen LogP) is 3.09. The molecule has 0 aromatic heterocycles. The van der Waals surface area contributed by atoms with E-state index in [1.165, 1.54) is 18.2 Å². The highest BCUT2D eigenvalue weighted by atomic mass is 16.6. The van der Waals surface area contributed by atoms with Gasteiger partial charge >= 0.3 is 0 Å². The van der Waals surface area contributed by atoms with Gasteiger partial charge in [0, 0.05) is 17.8 Å². The van der Waals surface area contributed by atoms with Gasteiger partial charge in [-0.1, -0.05) is 18.2 Å². The minimum Gasteiger partial charge on any atom is -0.496 e. The van der Waals surface area contributed by atoms with Gasteiger partial charge < -0.3 is 10.1 Å². The van der Waals surface area contributed by atoms with E-state index < -0.39 is 4.92 Å². The highest BCUT2D eigenvalue weighted by Gasteiger charge is 2.09. The first-order valence-electron chi connectivity index (χ1n) is 6.67. The third-order valence-electron chi connectivity index (χ3n) is 3.16. The second-order valence-electron chi connectivity index (χ2n) is 4.84. The van der Waals surface area contributed by atoms with Crippen molar-refractivity contribution in [2.45, 2.75) is 13.3 Å². The summed E-state index contributed by atoms with van der Waals surface area (Å²) in [5.74, 6) is 0.535. The van der Waals surface area contributed by atoms with Crippen molar-refractivity contribution in [3.8, 4) is 5.75 Å². The number of rotatable bonds is 5. The van der Waals surface area contributed by atoms with Crippen LogP contribution < -0.4 is 10.1 Å². The van der Waals surface area contributed by atoms with Crippen LogP contribution in [0.3, 0.4) is 0 Å². The van der Waals surface area contributed by atoms with Gasteiger partial charge in [-0.05, 0) is 30.2 Å². The van der Waals surface area contributed by atoms with Crippen LogP contribution in [0.5, 0.6) is 5.75 Å². The quantitative estimate of drug-likeness (QED) is 0.679. The van der Waals surface area contributed by atoms with Gasteiger partial charge in [0.05, 0.1) is 18.5 Å². The van der Waals surface area contributed by atoms with Crippen molar-refractivity contribution in [3.63, 3.8) is 0 Å². The molecule has 22 heavy (non-hydrogen) atoms. The van der Waals surface area contributed by atoms with Crippen LogP contribution in [0.2, 0.25) is 0 Å². The number of carbonyl (C=O) groups is 1. The molecular formula is C16H16N2O4. The van der Waals surface area contributed by atoms with Crippen LogP contribution in [0.1, 0.15) is 11.1 Å². The summed E-state index contributed by atoms with van der Waals surface area (Å²) in [6.07, 6.45) is 0.188. The fourth-order valence-corrected chi connectivity index (χ4v) is 2.14. The van der Waals surface area contributed by atoms with Crippen LogP contribution in [-0.2, 0) is 11.2 Å². The zero-order chi connectivity index (χ0) is 16.1. The van der Waals surface area contributed by atoms with Crippen molar-refractivity contribution in [3.05, 3.63) is 63.7 Å². The molecule has 0 radical (unpaired) electrons. The van der Waals surface area contributed by atoms with Crippen LogP contribution in [0.4, 0.5) is 11.4 Å². The second-order valence-corrected chi connectivity index (χ2v) is 4.84. The van der Waals surface area contributed by atoms with Crippen molar-refractivity contribution in [1.82, 2.24) is 0 Å². The maximum atomic E-state index is 12.0. The molecule has 0 bridgehead atoms. The van der Waals surface area contributed by atoms with E-state index in [4.69, 9.17) is 4.74 Å². The van der Waals surface area contributed by atoms with Gasteiger partial charge in [0.2, 0.25) is 5.91 Å². The number of nitrogens with zero attached hydrogens (tertiary/aromatic N) is 1. The topological polar surface area (TPSA) is 81.5 Å². The van der Waals surface area contributed by atoms with E-state index in [2.05, 4.69) is 5.32 Å². The van der Waals surface area contributed by atoms with Gasteiger partial charge in [0.1, 0.15) is 5.75 Å². The summed E-state index contributed by atoms with van der Waals surface area (Å²) in [6, 6.07) is 11.4. The minimum absolute atomic E-state index is 0.0573. The van der Waals surface area contributed by atoms with E-state index in [-0.39, 0.29) is 18.0 Å². The number of hydrogen-bond acceptors (Lipinski definition) is 4. The third kappa shape index (κ3) is 3.82. The van der Waals surface area contributed by atoms with Crippen LogP contribution in [0.15, 0.2) is 42.5 Å². The third-order valence-corrected chi connectivity index (χ3v) is 3.16. The molecule has 0 saturated heterocycles. The van der Waals surface area contributed by atoms with Crippen molar-refractivity contribution in [2.24, 2.45) is 0 Å². The number of amides is 1. The first-order chi connectivity index (χ1) is 10.5. The number of non-ortho nitro benzene ring substituents is 1. The molecule has 1 N–H and O–H groups in total. The van der Waals surface area contributed by atoms with Gasteiger partial charge in [-0.15, -0.1) is 0 Å². The molecule has 0 spiro atoms. The van der Waals surface area contributed by atoms with Crippen molar-refractivity contribution in [2.75, 3.05) is 12.4 Å². The fraction of sp³-hybridized carbons (Fsp3) is 0.188. The first-order valence-corrected chi connectivity index (χ1v) is 6.67. The molecule has 6 heteroatoms. The van der Waals surface area contributed by atoms with Crippen molar-refractivity contribution < 1.29 is 14.5 Å². The second kappa shape index (κ2) is 6.71. The summed E-state index contributed by atoms with van der Waals surface area (Å²) >= 11 is 0. The average Bonchev–Trinajstić information content (AvgIpc) is 2.47. The Labute approximate surface area is 127 Å². The van der Waals surface area contributed by atoms with E-state index in [9.17, 15) is 14.9 Å². The van der Waals surface area contributed by atoms with Crippen LogP contribution >= 0.6 is 0 Å². The molecule has 114 valence electrons. The van der Waals surface area contributed by atoms with Crippen molar-refractivity contribution in [1.29, 1.82) is 0 Å². The normalized spacial score (nSPS) is 10.1. The van der Waals surface area contributed by atoms with E-state index >= 15 is 0 Å². The fourth-order valence-electron chi connectivity index (χ4n) is 2.14. The lowest BCUT2D eigenvalue weighted by Gasteiger charge is -2.08. The highest BCUT2D eigenvalue weighted by molar-refractivity contribution is 5.92. The molecule has 2 aromatic carbocycles. The van der Waals surface area contributed by atoms with Gasteiger partial charge in [-0.25, -0.2) is 0 Å². The van der Waals surface area contributed by atoms with Crippen molar-refractivity contribution >= 4 is 17.3 Å². The largest absolute Gasteiger partial charge is 0.496 e. The average molecular weight is 300 g/mol. The summed E-state index contributed by atoms with van der Waals surface area (Å²) in [5, 5.41) is 13.4. The molecule has 0 aliphatic carbocycles.